The number of rotatable bonds is 4. The Balaban J connectivity index is 2.27. The molecule has 3 N–H and O–H groups in total. The second-order valence-electron chi connectivity index (χ2n) is 5.12. The largest absolute Gasteiger partial charge is 0.505 e. The minimum atomic E-state index is -2.24. The quantitative estimate of drug-likeness (QED) is 0.416. The molecule has 0 saturated heterocycles. The number of nitrogens with zero attached hydrogens (tertiary/aromatic N) is 1. The predicted molar refractivity (Wildman–Crippen MR) is 89.3 cm³/mol. The first-order valence-electron chi connectivity index (χ1n) is 6.83. The van der Waals surface area contributed by atoms with Crippen LogP contribution >= 0.6 is 11.6 Å². The molecule has 2 rings (SSSR count). The lowest BCUT2D eigenvalue weighted by atomic mass is 9.91. The summed E-state index contributed by atoms with van der Waals surface area (Å²) in [6.07, 6.45) is 1.37. The summed E-state index contributed by atoms with van der Waals surface area (Å²) in [5, 5.41) is 22.4. The number of amides is 1. The van der Waals surface area contributed by atoms with Gasteiger partial charge < -0.3 is 20.3 Å². The molecule has 124 valence electrons. The number of aromatic nitrogens is 1. The van der Waals surface area contributed by atoms with Crippen LogP contribution in [0.5, 0.6) is 5.75 Å². The van der Waals surface area contributed by atoms with Gasteiger partial charge in [-0.05, 0) is 23.8 Å². The summed E-state index contributed by atoms with van der Waals surface area (Å²) in [5.41, 5.74) is -1.33. The van der Waals surface area contributed by atoms with Gasteiger partial charge in [0.05, 0.1) is 7.11 Å². The Kier molecular flexibility index (Phi) is 5.11. The van der Waals surface area contributed by atoms with E-state index in [0.717, 1.165) is 15.0 Å². The average Bonchev–Trinajstić information content (AvgIpc) is 2.53. The van der Waals surface area contributed by atoms with Gasteiger partial charge in [0.25, 0.3) is 5.91 Å². The van der Waals surface area contributed by atoms with Crippen molar-refractivity contribution in [3.63, 3.8) is 0 Å². The molecule has 0 aliphatic heterocycles. The van der Waals surface area contributed by atoms with Crippen LogP contribution in [0.25, 0.3) is 11.1 Å². The molecule has 7 nitrogen and oxygen atoms in total. The zero-order valence-corrected chi connectivity index (χ0v) is 13.7. The molecular weight excluding hydrogens is 334 g/mol. The molecule has 1 aromatic heterocycles. The Morgan fingerprint density at radius 3 is 2.62 bits per heavy atom. The number of ether oxygens (including phenoxy) is 1. The number of carbonyl (C=O) groups excluding carboxylic acids is 2. The average molecular weight is 349 g/mol. The third-order valence-corrected chi connectivity index (χ3v) is 3.42. The monoisotopic (exact) mass is 348 g/mol. The van der Waals surface area contributed by atoms with Crippen LogP contribution in [-0.4, -0.2) is 47.7 Å². The summed E-state index contributed by atoms with van der Waals surface area (Å²) >= 11 is 5.91. The van der Waals surface area contributed by atoms with E-state index in [1.807, 2.05) is 5.32 Å². The normalized spacial score (nSPS) is 13.0. The van der Waals surface area contributed by atoms with E-state index in [1.54, 1.807) is 24.3 Å². The maximum Gasteiger partial charge on any atom is 0.348 e. The lowest BCUT2D eigenvalue weighted by Crippen LogP contribution is -2.55. The predicted octanol–water partition coefficient (Wildman–Crippen LogP) is 0.290. The number of nitrogens with one attached hydrogen (secondary N) is 1. The molecule has 1 unspecified atom stereocenters. The first-order chi connectivity index (χ1) is 11.2. The van der Waals surface area contributed by atoms with E-state index >= 15 is 0 Å². The molecule has 0 aliphatic rings. The zero-order chi connectivity index (χ0) is 17.9. The van der Waals surface area contributed by atoms with Crippen molar-refractivity contribution in [3.8, 4) is 16.9 Å². The zero-order valence-electron chi connectivity index (χ0n) is 12.9. The minimum Gasteiger partial charge on any atom is -0.505 e. The van der Waals surface area contributed by atoms with Gasteiger partial charge in [-0.15, -0.1) is 0 Å². The topological polar surface area (TPSA) is 109 Å². The van der Waals surface area contributed by atoms with Crippen molar-refractivity contribution in [1.29, 1.82) is 0 Å². The number of benzene rings is 1. The van der Waals surface area contributed by atoms with E-state index in [2.05, 4.69) is 9.72 Å². The van der Waals surface area contributed by atoms with Crippen LogP contribution in [0.4, 0.5) is 0 Å². The summed E-state index contributed by atoms with van der Waals surface area (Å²) in [6.45, 7) is 0. The molecule has 1 aromatic carbocycles. The smallest absolute Gasteiger partial charge is 0.348 e. The van der Waals surface area contributed by atoms with E-state index in [1.165, 1.54) is 12.3 Å². The molecule has 1 amide bonds. The van der Waals surface area contributed by atoms with Crippen molar-refractivity contribution in [2.45, 2.75) is 5.62 Å². The number of carbonyl (C=O) groups is 2. The fourth-order valence-electron chi connectivity index (χ4n) is 1.98. The van der Waals surface area contributed by atoms with Crippen molar-refractivity contribution in [2.75, 3.05) is 7.11 Å². The number of methoxy groups -OCH3 is 1. The van der Waals surface area contributed by atoms with Crippen LogP contribution < -0.4 is 5.32 Å². The van der Waals surface area contributed by atoms with E-state index in [-0.39, 0.29) is 5.69 Å². The maximum absolute atomic E-state index is 12.1. The van der Waals surface area contributed by atoms with Crippen LogP contribution in [0.15, 0.2) is 36.5 Å². The Bertz CT molecular complexity index is 797. The van der Waals surface area contributed by atoms with Gasteiger partial charge >= 0.3 is 5.97 Å². The fraction of sp³-hybridized carbons (Fsp3) is 0.133. The lowest BCUT2D eigenvalue weighted by Gasteiger charge is -2.21. The first-order valence-corrected chi connectivity index (χ1v) is 7.20. The van der Waals surface area contributed by atoms with E-state index < -0.39 is 23.3 Å². The second kappa shape index (κ2) is 6.90. The number of aliphatic hydroxyl groups is 1. The Hall–Kier alpha value is -2.58. The van der Waals surface area contributed by atoms with Crippen LogP contribution in [0, 0.1) is 0 Å². The van der Waals surface area contributed by atoms with Gasteiger partial charge in [0.1, 0.15) is 5.75 Å². The van der Waals surface area contributed by atoms with Gasteiger partial charge in [0, 0.05) is 16.8 Å². The molecule has 0 radical (unpaired) electrons. The number of hydrogen-bond acceptors (Lipinski definition) is 6. The van der Waals surface area contributed by atoms with Gasteiger partial charge in [0.15, 0.2) is 19.2 Å². The molecule has 2 aromatic rings. The van der Waals surface area contributed by atoms with E-state index in [0.29, 0.717) is 16.1 Å². The number of hydrogen-bond donors (Lipinski definition) is 3. The van der Waals surface area contributed by atoms with Crippen molar-refractivity contribution in [2.24, 2.45) is 0 Å². The standard InChI is InChI=1S/C15H14BClN2O5/c1-24-14(22)15(16,23)19-13(21)12-11(20)6-9(7-18-12)8-3-2-4-10(17)5-8/h2-7,20,23H,16H2,1H3,(H,19,21). The summed E-state index contributed by atoms with van der Waals surface area (Å²) < 4.78 is 4.37. The molecule has 0 aliphatic carbocycles. The number of esters is 1. The molecule has 9 heteroatoms. The van der Waals surface area contributed by atoms with Crippen molar-refractivity contribution < 1.29 is 24.5 Å². The van der Waals surface area contributed by atoms with Crippen LogP contribution in [-0.2, 0) is 9.53 Å². The molecule has 0 fully saturated rings. The van der Waals surface area contributed by atoms with Gasteiger partial charge in [0.2, 0.25) is 0 Å². The van der Waals surface area contributed by atoms with Crippen LogP contribution in [0.3, 0.4) is 0 Å². The SMILES string of the molecule is BC(O)(NC(=O)c1ncc(-c2cccc(Cl)c2)cc1O)C(=O)OC. The second-order valence-corrected chi connectivity index (χ2v) is 5.56. The highest BCUT2D eigenvalue weighted by Crippen LogP contribution is 2.26. The Morgan fingerprint density at radius 2 is 2.04 bits per heavy atom. The van der Waals surface area contributed by atoms with Crippen molar-refractivity contribution in [3.05, 3.63) is 47.2 Å². The third-order valence-electron chi connectivity index (χ3n) is 3.18. The van der Waals surface area contributed by atoms with Gasteiger partial charge in [-0.3, -0.25) is 4.79 Å². The Labute approximate surface area is 143 Å². The van der Waals surface area contributed by atoms with Crippen molar-refractivity contribution >= 4 is 31.3 Å². The van der Waals surface area contributed by atoms with Crippen LogP contribution in [0.2, 0.25) is 5.02 Å². The molecule has 0 saturated carbocycles. The molecule has 1 atom stereocenters. The third kappa shape index (κ3) is 3.84. The van der Waals surface area contributed by atoms with Gasteiger partial charge in [-0.25, -0.2) is 9.78 Å². The minimum absolute atomic E-state index is 0.343. The fourth-order valence-corrected chi connectivity index (χ4v) is 2.17. The highest BCUT2D eigenvalue weighted by atomic mass is 35.5. The number of pyridine rings is 1. The summed E-state index contributed by atoms with van der Waals surface area (Å²) in [7, 11) is 2.12. The van der Waals surface area contributed by atoms with E-state index in [4.69, 9.17) is 11.6 Å². The maximum atomic E-state index is 12.1. The summed E-state index contributed by atoms with van der Waals surface area (Å²) in [4.78, 5) is 27.3. The van der Waals surface area contributed by atoms with Gasteiger partial charge in [-0.2, -0.15) is 0 Å². The lowest BCUT2D eigenvalue weighted by molar-refractivity contribution is -0.155. The molecule has 24 heavy (non-hydrogen) atoms. The Morgan fingerprint density at radius 1 is 1.33 bits per heavy atom. The van der Waals surface area contributed by atoms with Crippen LogP contribution in [0.1, 0.15) is 10.5 Å². The molecule has 0 bridgehead atoms. The summed E-state index contributed by atoms with van der Waals surface area (Å²) in [5.74, 6) is -2.39. The highest BCUT2D eigenvalue weighted by Gasteiger charge is 2.34. The number of halogens is 1. The van der Waals surface area contributed by atoms with Crippen molar-refractivity contribution in [1.82, 2.24) is 10.3 Å². The van der Waals surface area contributed by atoms with E-state index in [9.17, 15) is 19.8 Å². The highest BCUT2D eigenvalue weighted by molar-refractivity contribution is 6.30. The summed E-state index contributed by atoms with van der Waals surface area (Å²) in [6, 6.07) is 8.22. The molecule has 0 spiro atoms. The molecular formula is C15H14BClN2O5. The molecule has 1 heterocycles. The van der Waals surface area contributed by atoms with Gasteiger partial charge in [-0.1, -0.05) is 23.7 Å². The number of aromatic hydroxyl groups is 1. The first kappa shape index (κ1) is 17.8.